The first-order chi connectivity index (χ1) is 7.38. The van der Waals surface area contributed by atoms with Crippen LogP contribution < -0.4 is 16.0 Å². The molecular formula is C9H9N5O. The fraction of sp³-hybridized carbons (Fsp3) is 0. The molecule has 0 fully saturated rings. The summed E-state index contributed by atoms with van der Waals surface area (Å²) in [5, 5.41) is 0. The molecule has 0 saturated heterocycles. The van der Waals surface area contributed by atoms with Crippen molar-refractivity contribution in [3.05, 3.63) is 36.8 Å². The predicted octanol–water partition coefficient (Wildman–Crippen LogP) is 0.949. The van der Waals surface area contributed by atoms with Crippen LogP contribution in [-0.4, -0.2) is 15.0 Å². The van der Waals surface area contributed by atoms with Crippen molar-refractivity contribution in [1.82, 2.24) is 15.0 Å². The van der Waals surface area contributed by atoms with Crippen molar-refractivity contribution in [2.24, 2.45) is 5.84 Å². The van der Waals surface area contributed by atoms with E-state index in [0.29, 0.717) is 17.6 Å². The van der Waals surface area contributed by atoms with Gasteiger partial charge in [-0.1, -0.05) is 0 Å². The zero-order chi connectivity index (χ0) is 10.5. The van der Waals surface area contributed by atoms with E-state index in [2.05, 4.69) is 20.4 Å². The van der Waals surface area contributed by atoms with Crippen LogP contribution in [0.2, 0.25) is 0 Å². The molecule has 2 aromatic rings. The van der Waals surface area contributed by atoms with Gasteiger partial charge >= 0.3 is 0 Å². The molecule has 76 valence electrons. The zero-order valence-corrected chi connectivity index (χ0v) is 7.79. The van der Waals surface area contributed by atoms with Crippen molar-refractivity contribution in [2.45, 2.75) is 0 Å². The SMILES string of the molecule is NNc1nccc(Oc2cccnc2)n1. The Morgan fingerprint density at radius 3 is 2.93 bits per heavy atom. The van der Waals surface area contributed by atoms with Crippen molar-refractivity contribution in [3.63, 3.8) is 0 Å². The number of nitrogens with one attached hydrogen (secondary N) is 1. The Kier molecular flexibility index (Phi) is 2.70. The van der Waals surface area contributed by atoms with Crippen molar-refractivity contribution < 1.29 is 4.74 Å². The zero-order valence-electron chi connectivity index (χ0n) is 7.79. The van der Waals surface area contributed by atoms with Crippen LogP contribution in [0.25, 0.3) is 0 Å². The van der Waals surface area contributed by atoms with E-state index >= 15 is 0 Å². The standard InChI is InChI=1S/C9H9N5O/c10-14-9-12-5-3-8(13-9)15-7-2-1-4-11-6-7/h1-6H,10H2,(H,12,13,14). The van der Waals surface area contributed by atoms with Gasteiger partial charge in [0.05, 0.1) is 6.20 Å². The maximum absolute atomic E-state index is 5.41. The number of hydrogen-bond acceptors (Lipinski definition) is 6. The summed E-state index contributed by atoms with van der Waals surface area (Å²) in [6.45, 7) is 0. The quantitative estimate of drug-likeness (QED) is 0.570. The molecule has 0 spiro atoms. The summed E-state index contributed by atoms with van der Waals surface area (Å²) in [4.78, 5) is 11.8. The average Bonchev–Trinajstić information content (AvgIpc) is 2.31. The lowest BCUT2D eigenvalue weighted by Gasteiger charge is -2.04. The van der Waals surface area contributed by atoms with Gasteiger partial charge in [-0.05, 0) is 12.1 Å². The van der Waals surface area contributed by atoms with E-state index in [9.17, 15) is 0 Å². The Hall–Kier alpha value is -2.21. The first-order valence-electron chi connectivity index (χ1n) is 4.26. The molecule has 0 bridgehead atoms. The fourth-order valence-electron chi connectivity index (χ4n) is 0.997. The highest BCUT2D eigenvalue weighted by molar-refractivity contribution is 5.28. The van der Waals surface area contributed by atoms with Crippen LogP contribution in [0.3, 0.4) is 0 Å². The number of ether oxygens (including phenoxy) is 1. The second-order valence-electron chi connectivity index (χ2n) is 2.65. The van der Waals surface area contributed by atoms with Gasteiger partial charge in [0, 0.05) is 18.5 Å². The van der Waals surface area contributed by atoms with Gasteiger partial charge in [0.2, 0.25) is 11.8 Å². The van der Waals surface area contributed by atoms with Gasteiger partial charge in [-0.2, -0.15) is 4.98 Å². The van der Waals surface area contributed by atoms with Crippen molar-refractivity contribution >= 4 is 5.95 Å². The first kappa shape index (κ1) is 9.35. The molecule has 0 unspecified atom stereocenters. The summed E-state index contributed by atoms with van der Waals surface area (Å²) in [5.41, 5.74) is 2.34. The Bertz CT molecular complexity index is 434. The Morgan fingerprint density at radius 2 is 2.20 bits per heavy atom. The van der Waals surface area contributed by atoms with Crippen LogP contribution >= 0.6 is 0 Å². The highest BCUT2D eigenvalue weighted by atomic mass is 16.5. The van der Waals surface area contributed by atoms with Gasteiger partial charge < -0.3 is 4.74 Å². The fourth-order valence-corrected chi connectivity index (χ4v) is 0.997. The minimum absolute atomic E-state index is 0.302. The largest absolute Gasteiger partial charge is 0.437 e. The van der Waals surface area contributed by atoms with Gasteiger partial charge in [-0.15, -0.1) is 0 Å². The lowest BCUT2D eigenvalue weighted by atomic mass is 10.5. The molecule has 15 heavy (non-hydrogen) atoms. The maximum atomic E-state index is 5.41. The third kappa shape index (κ3) is 2.38. The third-order valence-electron chi connectivity index (χ3n) is 1.62. The highest BCUT2D eigenvalue weighted by Gasteiger charge is 1.99. The molecule has 6 heteroatoms. The van der Waals surface area contributed by atoms with E-state index in [-0.39, 0.29) is 0 Å². The smallest absolute Gasteiger partial charge is 0.240 e. The molecule has 0 aliphatic rings. The van der Waals surface area contributed by atoms with E-state index < -0.39 is 0 Å². The van der Waals surface area contributed by atoms with Gasteiger partial charge in [0.1, 0.15) is 5.75 Å². The molecule has 0 amide bonds. The number of anilines is 1. The lowest BCUT2D eigenvalue weighted by molar-refractivity contribution is 0.460. The van der Waals surface area contributed by atoms with Crippen molar-refractivity contribution in [1.29, 1.82) is 0 Å². The number of nitrogen functional groups attached to an aromatic ring is 1. The summed E-state index contributed by atoms with van der Waals surface area (Å²) in [5.74, 6) is 6.49. The molecule has 0 aliphatic heterocycles. The number of rotatable bonds is 3. The van der Waals surface area contributed by atoms with Crippen LogP contribution in [0.5, 0.6) is 11.6 Å². The molecule has 2 aromatic heterocycles. The maximum Gasteiger partial charge on any atom is 0.240 e. The van der Waals surface area contributed by atoms with Crippen LogP contribution in [0.15, 0.2) is 36.8 Å². The van der Waals surface area contributed by atoms with E-state index in [1.807, 2.05) is 0 Å². The van der Waals surface area contributed by atoms with Crippen LogP contribution in [-0.2, 0) is 0 Å². The minimum atomic E-state index is 0.302. The van der Waals surface area contributed by atoms with Gasteiger partial charge in [-0.3, -0.25) is 10.4 Å². The van der Waals surface area contributed by atoms with Crippen LogP contribution in [0, 0.1) is 0 Å². The molecule has 0 radical (unpaired) electrons. The minimum Gasteiger partial charge on any atom is -0.437 e. The van der Waals surface area contributed by atoms with Gasteiger partial charge in [0.25, 0.3) is 0 Å². The van der Waals surface area contributed by atoms with E-state index in [1.165, 1.54) is 0 Å². The molecule has 0 aliphatic carbocycles. The molecule has 2 rings (SSSR count). The molecule has 0 saturated carbocycles. The highest BCUT2D eigenvalue weighted by Crippen LogP contribution is 2.17. The first-order valence-corrected chi connectivity index (χ1v) is 4.26. The van der Waals surface area contributed by atoms with E-state index in [4.69, 9.17) is 10.6 Å². The number of nitrogens with zero attached hydrogens (tertiary/aromatic N) is 3. The monoisotopic (exact) mass is 203 g/mol. The summed E-state index contributed by atoms with van der Waals surface area (Å²) in [6, 6.07) is 5.19. The molecule has 6 nitrogen and oxygen atoms in total. The lowest BCUT2D eigenvalue weighted by Crippen LogP contribution is -2.10. The Morgan fingerprint density at radius 1 is 1.27 bits per heavy atom. The summed E-state index contributed by atoms with van der Waals surface area (Å²) in [6.07, 6.45) is 4.81. The Balaban J connectivity index is 2.17. The summed E-state index contributed by atoms with van der Waals surface area (Å²) in [7, 11) is 0. The summed E-state index contributed by atoms with van der Waals surface area (Å²) >= 11 is 0. The van der Waals surface area contributed by atoms with Crippen LogP contribution in [0.4, 0.5) is 5.95 Å². The predicted molar refractivity (Wildman–Crippen MR) is 54.2 cm³/mol. The number of nitrogens with two attached hydrogens (primary N) is 1. The van der Waals surface area contributed by atoms with Crippen LogP contribution in [0.1, 0.15) is 0 Å². The molecule has 0 atom stereocenters. The van der Waals surface area contributed by atoms with Crippen molar-refractivity contribution in [3.8, 4) is 11.6 Å². The molecule has 0 aromatic carbocycles. The molecule has 2 heterocycles. The third-order valence-corrected chi connectivity index (χ3v) is 1.62. The second-order valence-corrected chi connectivity index (χ2v) is 2.65. The molecule has 3 N–H and O–H groups in total. The number of aromatic nitrogens is 3. The van der Waals surface area contributed by atoms with E-state index in [1.54, 1.807) is 36.8 Å². The number of pyridine rings is 1. The second kappa shape index (κ2) is 4.34. The van der Waals surface area contributed by atoms with E-state index in [0.717, 1.165) is 0 Å². The summed E-state index contributed by atoms with van der Waals surface area (Å²) < 4.78 is 5.41. The molecular weight excluding hydrogens is 194 g/mol. The topological polar surface area (TPSA) is 86.0 Å². The van der Waals surface area contributed by atoms with Gasteiger partial charge in [0.15, 0.2) is 0 Å². The Labute approximate surface area is 86.1 Å². The van der Waals surface area contributed by atoms with Gasteiger partial charge in [-0.25, -0.2) is 10.8 Å². The number of hydrazine groups is 1. The average molecular weight is 203 g/mol. The number of hydrogen-bond donors (Lipinski definition) is 2. The normalized spacial score (nSPS) is 9.67. The van der Waals surface area contributed by atoms with Crippen molar-refractivity contribution in [2.75, 3.05) is 5.43 Å².